The van der Waals surface area contributed by atoms with Crippen LogP contribution in [-0.2, 0) is 9.53 Å². The molecule has 2 N–H and O–H groups in total. The minimum Gasteiger partial charge on any atom is -0.366 e. The van der Waals surface area contributed by atoms with Gasteiger partial charge in [-0.15, -0.1) is 0 Å². The number of ether oxygens (including phenoxy) is 1. The molecule has 3 rings (SSSR count). The van der Waals surface area contributed by atoms with E-state index in [0.717, 1.165) is 22.4 Å². The van der Waals surface area contributed by atoms with Gasteiger partial charge in [-0.25, -0.2) is 0 Å². The van der Waals surface area contributed by atoms with E-state index in [-0.39, 0.29) is 0 Å². The fourth-order valence-electron chi connectivity index (χ4n) is 2.92. The van der Waals surface area contributed by atoms with Gasteiger partial charge < -0.3 is 15.4 Å². The average molecular weight is 407 g/mol. The lowest BCUT2D eigenvalue weighted by molar-refractivity contribution is -0.114. The van der Waals surface area contributed by atoms with Gasteiger partial charge in [0.15, 0.2) is 0 Å². The van der Waals surface area contributed by atoms with E-state index in [1.807, 2.05) is 73.4 Å². The smallest absolute Gasteiger partial charge is 0.251 e. The Labute approximate surface area is 176 Å². The molecule has 0 atom stereocenters. The summed E-state index contributed by atoms with van der Waals surface area (Å²) >= 11 is 6.48. The second kappa shape index (κ2) is 8.57. The number of anilines is 1. The molecule has 0 radical (unpaired) electrons. The number of rotatable bonds is 4. The van der Waals surface area contributed by atoms with E-state index >= 15 is 0 Å². The van der Waals surface area contributed by atoms with E-state index in [4.69, 9.17) is 22.1 Å². The summed E-state index contributed by atoms with van der Waals surface area (Å²) in [6.07, 6.45) is 3.54. The number of primary amides is 1. The van der Waals surface area contributed by atoms with E-state index in [0.29, 0.717) is 17.3 Å². The van der Waals surface area contributed by atoms with E-state index in [1.54, 1.807) is 13.2 Å². The van der Waals surface area contributed by atoms with Crippen LogP contribution in [0.15, 0.2) is 71.4 Å². The zero-order valence-electron chi connectivity index (χ0n) is 16.7. The number of carbonyl (C=O) groups excluding carboxylic acids is 1. The number of hydrogen-bond donors (Lipinski definition) is 1. The summed E-state index contributed by atoms with van der Waals surface area (Å²) < 4.78 is 5.34. The molecule has 2 aromatic carbocycles. The number of nitrogens with two attached hydrogens (primary N) is 1. The Morgan fingerprint density at radius 2 is 1.86 bits per heavy atom. The highest BCUT2D eigenvalue weighted by Crippen LogP contribution is 2.35. The average Bonchev–Trinajstić information content (AvgIpc) is 2.73. The first-order valence-corrected chi connectivity index (χ1v) is 9.61. The number of benzene rings is 2. The van der Waals surface area contributed by atoms with Gasteiger partial charge in [-0.2, -0.15) is 0 Å². The monoisotopic (exact) mass is 406 g/mol. The Hall–Kier alpha value is -3.00. The van der Waals surface area contributed by atoms with Crippen LogP contribution in [-0.4, -0.2) is 25.2 Å². The van der Waals surface area contributed by atoms with Gasteiger partial charge in [0.1, 0.15) is 10.8 Å². The molecule has 0 aliphatic carbocycles. The summed E-state index contributed by atoms with van der Waals surface area (Å²) in [6, 6.07) is 15.9. The SMILES string of the molecule is COC(C)(C)C#Cc1ccc(-c2ccccc2N2CC=CC(C(N)=O)=C2Cl)cc1. The molecule has 0 aromatic heterocycles. The second-order valence-corrected chi connectivity index (χ2v) is 7.50. The fraction of sp³-hybridized carbons (Fsp3) is 0.208. The molecule has 0 saturated heterocycles. The molecule has 0 saturated carbocycles. The first-order chi connectivity index (χ1) is 13.8. The normalized spacial score (nSPS) is 13.9. The number of nitrogens with zero attached hydrogens (tertiary/aromatic N) is 1. The van der Waals surface area contributed by atoms with Gasteiger partial charge >= 0.3 is 0 Å². The minimum absolute atomic E-state index is 0.305. The lowest BCUT2D eigenvalue weighted by Gasteiger charge is -2.28. The van der Waals surface area contributed by atoms with Crippen LogP contribution in [0.1, 0.15) is 19.4 Å². The van der Waals surface area contributed by atoms with E-state index in [1.165, 1.54) is 0 Å². The summed E-state index contributed by atoms with van der Waals surface area (Å²) in [5, 5.41) is 0.330. The van der Waals surface area contributed by atoms with Crippen LogP contribution >= 0.6 is 11.6 Å². The number of para-hydroxylation sites is 1. The zero-order chi connectivity index (χ0) is 21.0. The lowest BCUT2D eigenvalue weighted by Crippen LogP contribution is -2.28. The minimum atomic E-state index is -0.546. The molecular formula is C24H23ClN2O2. The van der Waals surface area contributed by atoms with Gasteiger partial charge in [0.25, 0.3) is 5.91 Å². The first kappa shape index (κ1) is 20.7. The van der Waals surface area contributed by atoms with Gasteiger partial charge in [0.2, 0.25) is 0 Å². The number of amides is 1. The maximum Gasteiger partial charge on any atom is 0.251 e. The van der Waals surface area contributed by atoms with Gasteiger partial charge in [-0.3, -0.25) is 4.79 Å². The predicted octanol–water partition coefficient (Wildman–Crippen LogP) is 4.44. The van der Waals surface area contributed by atoms with Crippen molar-refractivity contribution in [3.8, 4) is 23.0 Å². The molecule has 1 heterocycles. The lowest BCUT2D eigenvalue weighted by atomic mass is 10.0. The number of halogens is 1. The Morgan fingerprint density at radius 1 is 1.17 bits per heavy atom. The molecule has 1 aliphatic rings. The number of methoxy groups -OCH3 is 1. The van der Waals surface area contributed by atoms with Crippen molar-refractivity contribution in [1.82, 2.24) is 0 Å². The predicted molar refractivity (Wildman–Crippen MR) is 118 cm³/mol. The number of carbonyl (C=O) groups is 1. The molecular weight excluding hydrogens is 384 g/mol. The highest BCUT2D eigenvalue weighted by atomic mass is 35.5. The molecule has 5 heteroatoms. The highest BCUT2D eigenvalue weighted by Gasteiger charge is 2.21. The second-order valence-electron chi connectivity index (χ2n) is 7.14. The Morgan fingerprint density at radius 3 is 2.52 bits per heavy atom. The molecule has 0 unspecified atom stereocenters. The van der Waals surface area contributed by atoms with Crippen LogP contribution in [0.3, 0.4) is 0 Å². The van der Waals surface area contributed by atoms with Crippen LogP contribution in [0.5, 0.6) is 0 Å². The Bertz CT molecular complexity index is 1040. The van der Waals surface area contributed by atoms with Crippen molar-refractivity contribution in [3.05, 3.63) is 77.0 Å². The molecule has 148 valence electrons. The highest BCUT2D eigenvalue weighted by molar-refractivity contribution is 6.34. The third-order valence-corrected chi connectivity index (χ3v) is 5.11. The van der Waals surface area contributed by atoms with Crippen molar-refractivity contribution >= 4 is 23.2 Å². The van der Waals surface area contributed by atoms with Crippen LogP contribution < -0.4 is 10.6 Å². The molecule has 0 bridgehead atoms. The summed E-state index contributed by atoms with van der Waals surface area (Å²) in [7, 11) is 1.65. The van der Waals surface area contributed by atoms with Gasteiger partial charge in [-0.1, -0.05) is 59.8 Å². The largest absolute Gasteiger partial charge is 0.366 e. The van der Waals surface area contributed by atoms with Gasteiger partial charge in [-0.05, 0) is 43.7 Å². The Kier molecular flexibility index (Phi) is 6.12. The van der Waals surface area contributed by atoms with E-state index in [2.05, 4.69) is 11.8 Å². The van der Waals surface area contributed by atoms with Crippen LogP contribution in [0.4, 0.5) is 5.69 Å². The summed E-state index contributed by atoms with van der Waals surface area (Å²) in [4.78, 5) is 13.5. The van der Waals surface area contributed by atoms with E-state index < -0.39 is 11.5 Å². The zero-order valence-corrected chi connectivity index (χ0v) is 17.5. The van der Waals surface area contributed by atoms with Crippen molar-refractivity contribution in [2.45, 2.75) is 19.4 Å². The van der Waals surface area contributed by atoms with Gasteiger partial charge in [0.05, 0.1) is 5.57 Å². The fourth-order valence-corrected chi connectivity index (χ4v) is 3.23. The maximum atomic E-state index is 11.7. The molecule has 2 aromatic rings. The van der Waals surface area contributed by atoms with Crippen molar-refractivity contribution in [2.75, 3.05) is 18.6 Å². The van der Waals surface area contributed by atoms with Crippen molar-refractivity contribution < 1.29 is 9.53 Å². The third kappa shape index (κ3) is 4.71. The van der Waals surface area contributed by atoms with Crippen molar-refractivity contribution in [3.63, 3.8) is 0 Å². The van der Waals surface area contributed by atoms with Crippen LogP contribution in [0.2, 0.25) is 0 Å². The van der Waals surface area contributed by atoms with Gasteiger partial charge in [0, 0.05) is 30.5 Å². The summed E-state index contributed by atoms with van der Waals surface area (Å²) in [5.41, 5.74) is 9.10. The van der Waals surface area contributed by atoms with Crippen LogP contribution in [0, 0.1) is 11.8 Å². The standard InChI is InChI=1S/C24H23ClN2O2/c1-24(2,29-3)15-14-17-10-12-18(13-11-17)19-7-4-5-9-21(19)27-16-6-8-20(22(27)25)23(26)28/h4-13H,16H2,1-3H3,(H2,26,28). The molecule has 0 fully saturated rings. The molecule has 0 spiro atoms. The molecule has 1 aliphatic heterocycles. The third-order valence-electron chi connectivity index (χ3n) is 4.71. The van der Waals surface area contributed by atoms with E-state index in [9.17, 15) is 4.79 Å². The topological polar surface area (TPSA) is 55.6 Å². The quantitative estimate of drug-likeness (QED) is 0.603. The Balaban J connectivity index is 1.96. The van der Waals surface area contributed by atoms with Crippen molar-refractivity contribution in [1.29, 1.82) is 0 Å². The van der Waals surface area contributed by atoms with Crippen LogP contribution in [0.25, 0.3) is 11.1 Å². The summed E-state index contributed by atoms with van der Waals surface area (Å²) in [6.45, 7) is 4.41. The molecule has 4 nitrogen and oxygen atoms in total. The first-order valence-electron chi connectivity index (χ1n) is 9.24. The van der Waals surface area contributed by atoms with Crippen molar-refractivity contribution in [2.24, 2.45) is 5.73 Å². The summed E-state index contributed by atoms with van der Waals surface area (Å²) in [5.74, 6) is 5.71. The number of hydrogen-bond acceptors (Lipinski definition) is 3. The molecule has 29 heavy (non-hydrogen) atoms. The maximum absolute atomic E-state index is 11.7. The molecule has 1 amide bonds.